The molecule has 23 nitrogen and oxygen atoms in total. The molecule has 0 spiro atoms. The second-order valence-electron chi connectivity index (χ2n) is 18.9. The molecule has 23 heteroatoms. The van der Waals surface area contributed by atoms with Gasteiger partial charge in [-0.05, 0) is 73.4 Å². The summed E-state index contributed by atoms with van der Waals surface area (Å²) in [6.07, 6.45) is 2.44. The van der Waals surface area contributed by atoms with Crippen molar-refractivity contribution in [2.75, 3.05) is 46.4 Å². The van der Waals surface area contributed by atoms with Crippen LogP contribution in [0.5, 0.6) is 0 Å². The van der Waals surface area contributed by atoms with Crippen molar-refractivity contribution in [2.45, 2.75) is 114 Å². The number of nitrogens with one attached hydrogen (secondary N) is 7. The van der Waals surface area contributed by atoms with Crippen LogP contribution in [-0.4, -0.2) is 168 Å². The summed E-state index contributed by atoms with van der Waals surface area (Å²) < 4.78 is 0. The highest BCUT2D eigenvalue weighted by atomic mass is 16.4. The van der Waals surface area contributed by atoms with Crippen LogP contribution in [0.15, 0.2) is 77.8 Å². The van der Waals surface area contributed by atoms with Crippen molar-refractivity contribution in [3.8, 4) is 0 Å². The molecule has 0 aliphatic carbocycles. The number of amides is 8. The lowest BCUT2D eigenvalue weighted by Crippen LogP contribution is -2.60. The Kier molecular flexibility index (Phi) is 22.3. The molecule has 0 bridgehead atoms. The number of nitrogens with zero attached hydrogens (tertiary/aromatic N) is 3. The molecule has 406 valence electrons. The Bertz CT molecular complexity index is 2530. The summed E-state index contributed by atoms with van der Waals surface area (Å²) in [4.78, 5) is 129. The highest BCUT2D eigenvalue weighted by Gasteiger charge is 2.44. The molecule has 2 aliphatic rings. The molecule has 0 aromatic heterocycles. The number of carbonyl (C=O) groups is 9. The predicted octanol–water partition coefficient (Wildman–Crippen LogP) is -1.46. The van der Waals surface area contributed by atoms with E-state index in [1.54, 1.807) is 57.3 Å². The number of likely N-dealkylation sites (tertiary alicyclic amines) is 2. The van der Waals surface area contributed by atoms with Crippen LogP contribution in [0.4, 0.5) is 0 Å². The maximum Gasteiger partial charge on any atom is 0.326 e. The quantitative estimate of drug-likeness (QED) is 0.0236. The number of fused-ring (bicyclic) bond motifs is 1. The second-order valence-corrected chi connectivity index (χ2v) is 18.9. The zero-order valence-corrected chi connectivity index (χ0v) is 42.7. The van der Waals surface area contributed by atoms with Gasteiger partial charge in [-0.3, -0.25) is 43.3 Å². The molecule has 0 radical (unpaired) electrons. The van der Waals surface area contributed by atoms with Gasteiger partial charge in [0.15, 0.2) is 5.96 Å². The van der Waals surface area contributed by atoms with E-state index in [1.807, 2.05) is 36.4 Å². The third-order valence-corrected chi connectivity index (χ3v) is 13.4. The third-order valence-electron chi connectivity index (χ3n) is 13.4. The Hall–Kier alpha value is -7.66. The van der Waals surface area contributed by atoms with Gasteiger partial charge in [-0.1, -0.05) is 93.1 Å². The number of aliphatic hydroxyl groups excluding tert-OH is 1. The number of carboxylic acids is 1. The molecular formula is C52H72N12O11. The summed E-state index contributed by atoms with van der Waals surface area (Å²) >= 11 is 0. The van der Waals surface area contributed by atoms with E-state index in [9.17, 15) is 53.4 Å². The first-order chi connectivity index (χ1) is 35.9. The average molecular weight is 1040 g/mol. The minimum atomic E-state index is -1.64. The molecule has 8 amide bonds. The highest BCUT2D eigenvalue weighted by Crippen LogP contribution is 2.26. The van der Waals surface area contributed by atoms with Crippen LogP contribution in [0.2, 0.25) is 0 Å². The summed E-state index contributed by atoms with van der Waals surface area (Å²) in [7, 11) is 1.59. The Morgan fingerprint density at radius 2 is 1.28 bits per heavy atom. The lowest BCUT2D eigenvalue weighted by molar-refractivity contribution is -0.148. The minimum Gasteiger partial charge on any atom is -0.480 e. The van der Waals surface area contributed by atoms with E-state index >= 15 is 0 Å². The second kappa shape index (κ2) is 28.7. The standard InChI is InChI=1S/C52H72N12O11/c1-4-31(2)44(51(74)75)62-46(69)38(27-33-20-21-34-15-8-9-16-35(34)25-33)60-47(70)39(30-65)61-45(68)37(26-32-13-6-5-7-14-32)59-43(67)29-57-48(71)40-18-11-23-63(40)50(73)41-19-12-24-64(41)49(72)36(58-42(66)28-55-3)17-10-22-56-52(53)54/h5-9,13-16,20-21,25,31,36-41,44,55,65H,4,10-12,17-19,22-24,26-30H2,1-3H3,(H,57,71)(H,58,66)(H,59,67)(H,60,70)(H,61,68)(H,62,69)(H,74,75)(H4,53,54,56)/t31-,36-,37-,38+,39-,40-,41-,44-/m0/s1. The van der Waals surface area contributed by atoms with Crippen molar-refractivity contribution < 1.29 is 53.4 Å². The number of aliphatic hydroxyl groups is 1. The maximum absolute atomic E-state index is 14.2. The van der Waals surface area contributed by atoms with Crippen LogP contribution in [-0.2, 0) is 56.0 Å². The molecule has 2 aliphatic heterocycles. The lowest BCUT2D eigenvalue weighted by Gasteiger charge is -2.33. The van der Waals surface area contributed by atoms with Crippen LogP contribution in [0, 0.1) is 5.92 Å². The Morgan fingerprint density at radius 3 is 1.95 bits per heavy atom. The minimum absolute atomic E-state index is 0.0392. The van der Waals surface area contributed by atoms with Crippen molar-refractivity contribution in [3.63, 3.8) is 0 Å². The van der Waals surface area contributed by atoms with Gasteiger partial charge < -0.3 is 68.7 Å². The van der Waals surface area contributed by atoms with E-state index in [2.05, 4.69) is 42.2 Å². The number of aliphatic imine (C=N–C) groups is 1. The van der Waals surface area contributed by atoms with Crippen molar-refractivity contribution >= 4 is 70.0 Å². The zero-order chi connectivity index (χ0) is 54.6. The molecule has 2 fully saturated rings. The van der Waals surface area contributed by atoms with Gasteiger partial charge in [0.2, 0.25) is 47.3 Å². The molecule has 3 aromatic rings. The Balaban J connectivity index is 1.25. The summed E-state index contributed by atoms with van der Waals surface area (Å²) in [5, 5.41) is 40.5. The first kappa shape index (κ1) is 58.2. The van der Waals surface area contributed by atoms with Crippen LogP contribution < -0.4 is 48.7 Å². The average Bonchev–Trinajstić information content (AvgIpc) is 4.10. The summed E-state index contributed by atoms with van der Waals surface area (Å²) in [6, 6.07) is 13.1. The number of benzene rings is 3. The summed E-state index contributed by atoms with van der Waals surface area (Å²) in [6.45, 7) is 2.57. The van der Waals surface area contributed by atoms with Gasteiger partial charge in [0.1, 0.15) is 42.3 Å². The number of nitrogens with two attached hydrogens (primary N) is 2. The molecule has 5 rings (SSSR count). The molecule has 0 unspecified atom stereocenters. The first-order valence-electron chi connectivity index (χ1n) is 25.4. The van der Waals surface area contributed by atoms with Gasteiger partial charge in [-0.15, -0.1) is 0 Å². The number of carboxylic acid groups (broad SMARTS) is 1. The van der Waals surface area contributed by atoms with E-state index < -0.39 is 115 Å². The highest BCUT2D eigenvalue weighted by molar-refractivity contribution is 5.98. The summed E-state index contributed by atoms with van der Waals surface area (Å²) in [5.41, 5.74) is 12.1. The Labute approximate surface area is 435 Å². The molecule has 2 heterocycles. The van der Waals surface area contributed by atoms with Gasteiger partial charge in [0.25, 0.3) is 0 Å². The van der Waals surface area contributed by atoms with Gasteiger partial charge >= 0.3 is 5.97 Å². The van der Waals surface area contributed by atoms with E-state index in [0.29, 0.717) is 43.2 Å². The fourth-order valence-electron chi connectivity index (χ4n) is 9.22. The molecule has 13 N–H and O–H groups in total. The molecule has 2 saturated heterocycles. The first-order valence-corrected chi connectivity index (χ1v) is 25.4. The topological polar surface area (TPSA) is 349 Å². The van der Waals surface area contributed by atoms with E-state index in [1.165, 1.54) is 9.80 Å². The van der Waals surface area contributed by atoms with E-state index in [4.69, 9.17) is 11.5 Å². The summed E-state index contributed by atoms with van der Waals surface area (Å²) in [5.74, 6) is -7.21. The van der Waals surface area contributed by atoms with Crippen LogP contribution in [0.1, 0.15) is 69.9 Å². The van der Waals surface area contributed by atoms with E-state index in [-0.39, 0.29) is 57.8 Å². The monoisotopic (exact) mass is 1040 g/mol. The van der Waals surface area contributed by atoms with Gasteiger partial charge in [-0.25, -0.2) is 4.79 Å². The fraction of sp³-hybridized carbons (Fsp3) is 0.500. The molecule has 0 saturated carbocycles. The lowest BCUT2D eigenvalue weighted by atomic mass is 9.97. The van der Waals surface area contributed by atoms with Crippen molar-refractivity contribution in [3.05, 3.63) is 83.9 Å². The largest absolute Gasteiger partial charge is 0.480 e. The number of guanidine groups is 1. The van der Waals surface area contributed by atoms with Gasteiger partial charge in [0.05, 0.1) is 19.7 Å². The van der Waals surface area contributed by atoms with Crippen molar-refractivity contribution in [2.24, 2.45) is 22.4 Å². The number of hydrogen-bond donors (Lipinski definition) is 11. The van der Waals surface area contributed by atoms with Crippen LogP contribution in [0.3, 0.4) is 0 Å². The number of carbonyl (C=O) groups excluding carboxylic acids is 8. The van der Waals surface area contributed by atoms with E-state index in [0.717, 1.165) is 10.8 Å². The number of hydrogen-bond acceptors (Lipinski definition) is 12. The fourth-order valence-corrected chi connectivity index (χ4v) is 9.22. The SMILES string of the molecule is CC[C@H](C)[C@H](NC(=O)[C@@H](Cc1ccc2ccccc2c1)NC(=O)[C@H](CO)NC(=O)[C@H](Cc1ccccc1)NC(=O)CNC(=O)[C@@H]1CCCN1C(=O)[C@@H]1CCCN1C(=O)[C@H](CCCN=C(N)N)NC(=O)CNC)C(=O)O. The third kappa shape index (κ3) is 16.9. The van der Waals surface area contributed by atoms with Gasteiger partial charge in [-0.2, -0.15) is 0 Å². The van der Waals surface area contributed by atoms with Crippen LogP contribution >= 0.6 is 0 Å². The van der Waals surface area contributed by atoms with Crippen LogP contribution in [0.25, 0.3) is 10.8 Å². The molecule has 8 atom stereocenters. The molecular weight excluding hydrogens is 969 g/mol. The maximum atomic E-state index is 14.2. The van der Waals surface area contributed by atoms with Gasteiger partial charge in [0, 0.05) is 32.5 Å². The smallest absolute Gasteiger partial charge is 0.326 e. The normalized spacial score (nSPS) is 17.5. The molecule has 75 heavy (non-hydrogen) atoms. The number of rotatable bonds is 27. The zero-order valence-electron chi connectivity index (χ0n) is 42.7. The number of aliphatic carboxylic acids is 1. The van der Waals surface area contributed by atoms with Crippen molar-refractivity contribution in [1.82, 2.24) is 47.0 Å². The predicted molar refractivity (Wildman–Crippen MR) is 278 cm³/mol. The molecule has 3 aromatic carbocycles. The Morgan fingerprint density at radius 1 is 0.693 bits per heavy atom. The van der Waals surface area contributed by atoms with Crippen molar-refractivity contribution in [1.29, 1.82) is 0 Å². The number of likely N-dealkylation sites (N-methyl/N-ethyl adjacent to an activating group) is 1.